The molecule has 0 aliphatic heterocycles. The summed E-state index contributed by atoms with van der Waals surface area (Å²) in [4.78, 5) is 25.5. The normalized spacial score (nSPS) is 10.0. The fraction of sp³-hybridized carbons (Fsp3) is 0. The molecule has 112 valence electrons. The molecule has 0 radical (unpaired) electrons. The minimum atomic E-state index is -3.38. The van der Waals surface area contributed by atoms with Gasteiger partial charge in [-0.2, -0.15) is 0 Å². The number of benzene rings is 1. The fourth-order valence-corrected chi connectivity index (χ4v) is 1.80. The van der Waals surface area contributed by atoms with E-state index in [-0.39, 0.29) is 5.69 Å². The van der Waals surface area contributed by atoms with Crippen LogP contribution in [-0.2, 0) is 15.5 Å². The van der Waals surface area contributed by atoms with Crippen LogP contribution in [0, 0.1) is 0 Å². The first-order valence-corrected chi connectivity index (χ1v) is 7.16. The zero-order valence-corrected chi connectivity index (χ0v) is 11.9. The Kier molecular flexibility index (Phi) is 5.04. The van der Waals surface area contributed by atoms with E-state index in [1.807, 2.05) is 30.5 Å². The molecule has 9 heteroatoms. The van der Waals surface area contributed by atoms with Crippen LogP contribution < -0.4 is 0 Å². The molecule has 0 atom stereocenters. The monoisotopic (exact) mass is 318 g/mol. The van der Waals surface area contributed by atoms with Gasteiger partial charge in [-0.25, -0.2) is 8.42 Å². The Labute approximate surface area is 126 Å². The summed E-state index contributed by atoms with van der Waals surface area (Å²) >= 11 is 0. The minimum absolute atomic E-state index is 0.306. The molecule has 8 nitrogen and oxygen atoms in total. The number of carbonyl (C=O) groups is 2. The number of carbonyl (C=O) groups excluding carboxylic acids is 2. The number of fused-ring (bicyclic) bond motifs is 1. The number of aromatic nitrogens is 4. The maximum atomic E-state index is 10.8. The molecule has 0 aliphatic rings. The maximum absolute atomic E-state index is 10.8. The van der Waals surface area contributed by atoms with Crippen molar-refractivity contribution < 1.29 is 18.0 Å². The first-order chi connectivity index (χ1) is 10.6. The summed E-state index contributed by atoms with van der Waals surface area (Å²) in [5, 5.41) is 8.20. The molecular weight excluding hydrogens is 308 g/mol. The maximum Gasteiger partial charge on any atom is 0.316 e. The quantitative estimate of drug-likeness (QED) is 0.397. The van der Waals surface area contributed by atoms with Crippen LogP contribution in [-0.4, -0.2) is 39.7 Å². The Morgan fingerprint density at radius 2 is 1.77 bits per heavy atom. The number of thiol groups is 1. The largest absolute Gasteiger partial charge is 0.316 e. The molecule has 0 fully saturated rings. The molecule has 2 heterocycles. The highest BCUT2D eigenvalue weighted by Gasteiger charge is 2.20. The van der Waals surface area contributed by atoms with Crippen molar-refractivity contribution >= 4 is 32.5 Å². The van der Waals surface area contributed by atoms with Gasteiger partial charge in [0, 0.05) is 11.6 Å². The number of para-hydroxylation sites is 1. The molecule has 1 aromatic carbocycles. The number of pyridine rings is 1. The molecule has 0 aliphatic carbocycles. The van der Waals surface area contributed by atoms with Gasteiger partial charge in [0.2, 0.25) is 10.7 Å². The van der Waals surface area contributed by atoms with Crippen molar-refractivity contribution in [3.8, 4) is 0 Å². The molecular formula is C13H10N4O4S. The van der Waals surface area contributed by atoms with Crippen molar-refractivity contribution in [3.63, 3.8) is 0 Å². The number of rotatable bonds is 2. The molecule has 0 bridgehead atoms. The van der Waals surface area contributed by atoms with Crippen molar-refractivity contribution in [2.45, 2.75) is 0 Å². The molecule has 0 spiro atoms. The van der Waals surface area contributed by atoms with Crippen LogP contribution >= 0.6 is 0 Å². The first kappa shape index (κ1) is 15.4. The Morgan fingerprint density at radius 3 is 2.41 bits per heavy atom. The van der Waals surface area contributed by atoms with Gasteiger partial charge < -0.3 is 0 Å². The molecule has 22 heavy (non-hydrogen) atoms. The van der Waals surface area contributed by atoms with E-state index < -0.39 is 21.6 Å². The zero-order chi connectivity index (χ0) is 15.9. The Hall–Kier alpha value is -2.94. The lowest BCUT2D eigenvalue weighted by Gasteiger charge is -1.91. The van der Waals surface area contributed by atoms with Gasteiger partial charge in [0.15, 0.2) is 5.69 Å². The van der Waals surface area contributed by atoms with E-state index >= 15 is 0 Å². The first-order valence-electron chi connectivity index (χ1n) is 5.99. The lowest BCUT2D eigenvalue weighted by atomic mass is 10.2. The van der Waals surface area contributed by atoms with Gasteiger partial charge in [0.25, 0.3) is 5.78 Å². The van der Waals surface area contributed by atoms with E-state index in [0.29, 0.717) is 0 Å². The van der Waals surface area contributed by atoms with Crippen LogP contribution in [0.4, 0.5) is 0 Å². The molecule has 0 saturated carbocycles. The van der Waals surface area contributed by atoms with Gasteiger partial charge in [0.1, 0.15) is 0 Å². The van der Waals surface area contributed by atoms with E-state index in [4.69, 9.17) is 0 Å². The van der Waals surface area contributed by atoms with Crippen LogP contribution in [0.15, 0.2) is 48.8 Å². The molecule has 3 aromatic rings. The smallest absolute Gasteiger partial charge is 0.282 e. The number of hydrogen-bond acceptors (Lipinski definition) is 7. The fourth-order valence-electron chi connectivity index (χ4n) is 1.52. The van der Waals surface area contributed by atoms with Gasteiger partial charge in [-0.3, -0.25) is 19.7 Å². The summed E-state index contributed by atoms with van der Waals surface area (Å²) in [6.45, 7) is 0. The Bertz CT molecular complexity index is 801. The van der Waals surface area contributed by atoms with Gasteiger partial charge in [0.05, 0.1) is 11.7 Å². The number of Topliss-reactive ketones (excluding diaryl/α,β-unsaturated/α-hetero) is 1. The second-order valence-electron chi connectivity index (χ2n) is 3.95. The predicted molar refractivity (Wildman–Crippen MR) is 77.8 cm³/mol. The average molecular weight is 318 g/mol. The highest BCUT2D eigenvalue weighted by molar-refractivity contribution is 7.91. The summed E-state index contributed by atoms with van der Waals surface area (Å²) in [5.41, 5.74) is 0.754. The van der Waals surface area contributed by atoms with E-state index in [2.05, 4.69) is 32.5 Å². The molecule has 0 saturated heterocycles. The standard InChI is InChI=1S/C9H7N.C4H3N3O4S/c1-2-6-9-8(4-1)5-3-7-10-9;8-3(4(9)12(10)11)2-1-5-7-6-2/h1-7H;1,12H,(H,5,6,7). The van der Waals surface area contributed by atoms with Gasteiger partial charge in [-0.05, 0) is 12.1 Å². The number of nitrogens with zero attached hydrogens (tertiary/aromatic N) is 3. The van der Waals surface area contributed by atoms with Crippen molar-refractivity contribution in [1.82, 2.24) is 20.4 Å². The van der Waals surface area contributed by atoms with Crippen LogP contribution in [0.25, 0.3) is 10.9 Å². The van der Waals surface area contributed by atoms with Crippen LogP contribution in [0.5, 0.6) is 0 Å². The second kappa shape index (κ2) is 7.18. The van der Waals surface area contributed by atoms with Crippen molar-refractivity contribution in [2.75, 3.05) is 0 Å². The number of aromatic amines is 1. The number of ketones is 1. The third-order valence-electron chi connectivity index (χ3n) is 2.52. The summed E-state index contributed by atoms with van der Waals surface area (Å²) in [5.74, 6) is -1.18. The summed E-state index contributed by atoms with van der Waals surface area (Å²) in [6.07, 6.45) is 2.85. The third kappa shape index (κ3) is 3.79. The van der Waals surface area contributed by atoms with E-state index in [0.717, 1.165) is 11.7 Å². The van der Waals surface area contributed by atoms with Gasteiger partial charge >= 0.3 is 5.12 Å². The molecule has 3 rings (SSSR count). The second-order valence-corrected chi connectivity index (χ2v) is 4.87. The topological polar surface area (TPSA) is 123 Å². The van der Waals surface area contributed by atoms with E-state index in [1.54, 1.807) is 0 Å². The molecule has 1 N–H and O–H groups in total. The number of H-pyrrole nitrogens is 1. The van der Waals surface area contributed by atoms with Crippen molar-refractivity contribution in [3.05, 3.63) is 54.5 Å². The van der Waals surface area contributed by atoms with E-state index in [1.165, 1.54) is 5.39 Å². The van der Waals surface area contributed by atoms with Gasteiger partial charge in [-0.15, -0.1) is 5.10 Å². The summed E-state index contributed by atoms with van der Waals surface area (Å²) in [7, 11) is -3.38. The SMILES string of the molecule is O=C(C(=O)[SH](=O)=O)c1c[nH]nn1.c1ccc2ncccc2c1. The van der Waals surface area contributed by atoms with Gasteiger partial charge in [-0.1, -0.05) is 29.5 Å². The van der Waals surface area contributed by atoms with Crippen LogP contribution in [0.2, 0.25) is 0 Å². The van der Waals surface area contributed by atoms with Crippen molar-refractivity contribution in [2.24, 2.45) is 0 Å². The van der Waals surface area contributed by atoms with Crippen molar-refractivity contribution in [1.29, 1.82) is 0 Å². The van der Waals surface area contributed by atoms with E-state index in [9.17, 15) is 18.0 Å². The minimum Gasteiger partial charge on any atom is -0.282 e. The molecule has 0 unspecified atom stereocenters. The van der Waals surface area contributed by atoms with Crippen LogP contribution in [0.1, 0.15) is 10.5 Å². The average Bonchev–Trinajstić information content (AvgIpc) is 3.08. The molecule has 2 aromatic heterocycles. The number of nitrogens with one attached hydrogen (secondary N) is 1. The lowest BCUT2D eigenvalue weighted by molar-refractivity contribution is -0.108. The summed E-state index contributed by atoms with van der Waals surface area (Å²) < 4.78 is 20.1. The predicted octanol–water partition coefficient (Wildman–Crippen LogP) is 0.360. The third-order valence-corrected chi connectivity index (χ3v) is 3.06. The van der Waals surface area contributed by atoms with Crippen LogP contribution in [0.3, 0.4) is 0 Å². The highest BCUT2D eigenvalue weighted by Crippen LogP contribution is 2.07. The number of hydrogen-bond donors (Lipinski definition) is 2. The molecule has 0 amide bonds. The highest BCUT2D eigenvalue weighted by atomic mass is 32.2. The summed E-state index contributed by atoms with van der Waals surface area (Å²) in [6, 6.07) is 12.1. The lowest BCUT2D eigenvalue weighted by Crippen LogP contribution is -2.15. The Morgan fingerprint density at radius 1 is 1.05 bits per heavy atom. The Balaban J connectivity index is 0.000000162. The zero-order valence-electron chi connectivity index (χ0n) is 11.0.